The molecule has 5 nitrogen and oxygen atoms in total. The van der Waals surface area contributed by atoms with E-state index in [0.717, 1.165) is 11.3 Å². The lowest BCUT2D eigenvalue weighted by Crippen LogP contribution is -2.47. The van der Waals surface area contributed by atoms with Crippen LogP contribution >= 0.6 is 0 Å². The summed E-state index contributed by atoms with van der Waals surface area (Å²) in [6, 6.07) is 15.4. The Kier molecular flexibility index (Phi) is 5.20. The van der Waals surface area contributed by atoms with Crippen molar-refractivity contribution in [1.82, 2.24) is 10.2 Å². The fraction of sp³-hybridized carbons (Fsp3) is 0.333. The van der Waals surface area contributed by atoms with Gasteiger partial charge in [-0.05, 0) is 31.5 Å². The number of carbonyl (C=O) groups is 1. The van der Waals surface area contributed by atoms with Crippen LogP contribution in [0.5, 0.6) is 0 Å². The molecule has 120 valence electrons. The number of rotatable bonds is 6. The highest BCUT2D eigenvalue weighted by Gasteiger charge is 2.28. The molecular formula is C18H21N3O2. The number of nitriles is 1. The average molecular weight is 311 g/mol. The highest BCUT2D eigenvalue weighted by atomic mass is 16.3. The van der Waals surface area contributed by atoms with Crippen molar-refractivity contribution in [2.75, 3.05) is 13.6 Å². The van der Waals surface area contributed by atoms with Gasteiger partial charge in [0.25, 0.3) is 0 Å². The number of furan rings is 1. The molecule has 0 fully saturated rings. The van der Waals surface area contributed by atoms with Crippen LogP contribution in [0.25, 0.3) is 0 Å². The van der Waals surface area contributed by atoms with Gasteiger partial charge in [-0.1, -0.05) is 30.3 Å². The molecule has 1 amide bonds. The lowest BCUT2D eigenvalue weighted by atomic mass is 10.0. The maximum absolute atomic E-state index is 12.3. The van der Waals surface area contributed by atoms with Gasteiger partial charge in [-0.3, -0.25) is 10.1 Å². The number of carbonyl (C=O) groups excluding carboxylic acids is 1. The van der Waals surface area contributed by atoms with E-state index in [9.17, 15) is 4.79 Å². The van der Waals surface area contributed by atoms with Crippen LogP contribution in [0.1, 0.15) is 31.2 Å². The van der Waals surface area contributed by atoms with E-state index >= 15 is 0 Å². The highest BCUT2D eigenvalue weighted by Crippen LogP contribution is 2.22. The third-order valence-electron chi connectivity index (χ3n) is 3.90. The van der Waals surface area contributed by atoms with E-state index in [0.29, 0.717) is 0 Å². The zero-order valence-electron chi connectivity index (χ0n) is 13.6. The summed E-state index contributed by atoms with van der Waals surface area (Å²) >= 11 is 0. The zero-order chi connectivity index (χ0) is 16.9. The van der Waals surface area contributed by atoms with Crippen LogP contribution in [0.15, 0.2) is 53.1 Å². The van der Waals surface area contributed by atoms with Crippen LogP contribution in [0.4, 0.5) is 0 Å². The molecule has 0 saturated heterocycles. The van der Waals surface area contributed by atoms with Crippen molar-refractivity contribution >= 4 is 5.91 Å². The summed E-state index contributed by atoms with van der Waals surface area (Å²) in [7, 11) is 1.64. The predicted molar refractivity (Wildman–Crippen MR) is 87.5 cm³/mol. The van der Waals surface area contributed by atoms with Crippen LogP contribution in [0, 0.1) is 11.3 Å². The quantitative estimate of drug-likeness (QED) is 0.890. The molecule has 23 heavy (non-hydrogen) atoms. The second kappa shape index (κ2) is 7.12. The molecule has 1 aromatic heterocycles. The molecule has 2 aromatic rings. The van der Waals surface area contributed by atoms with Crippen LogP contribution in [-0.4, -0.2) is 29.9 Å². The van der Waals surface area contributed by atoms with Gasteiger partial charge < -0.3 is 9.32 Å². The topological polar surface area (TPSA) is 69.3 Å². The second-order valence-electron chi connectivity index (χ2n) is 5.86. The minimum atomic E-state index is -0.842. The second-order valence-corrected chi connectivity index (χ2v) is 5.86. The Morgan fingerprint density at radius 2 is 2.00 bits per heavy atom. The molecule has 0 radical (unpaired) electrons. The first kappa shape index (κ1) is 16.8. The number of hydrogen-bond donors (Lipinski definition) is 1. The summed E-state index contributed by atoms with van der Waals surface area (Å²) < 4.78 is 5.49. The molecule has 1 aromatic carbocycles. The molecule has 0 aliphatic rings. The third kappa shape index (κ3) is 3.99. The van der Waals surface area contributed by atoms with Crippen LogP contribution in [0.3, 0.4) is 0 Å². The van der Waals surface area contributed by atoms with Gasteiger partial charge in [0.15, 0.2) is 0 Å². The molecule has 5 heteroatoms. The van der Waals surface area contributed by atoms with Crippen LogP contribution in [-0.2, 0) is 4.79 Å². The average Bonchev–Trinajstić information content (AvgIpc) is 3.09. The lowest BCUT2D eigenvalue weighted by molar-refractivity contribution is -0.132. The van der Waals surface area contributed by atoms with Gasteiger partial charge in [0.05, 0.1) is 24.9 Å². The van der Waals surface area contributed by atoms with Crippen molar-refractivity contribution in [3.63, 3.8) is 0 Å². The highest BCUT2D eigenvalue weighted by molar-refractivity contribution is 5.79. The minimum Gasteiger partial charge on any atom is -0.467 e. The molecule has 1 N–H and O–H groups in total. The fourth-order valence-electron chi connectivity index (χ4n) is 2.18. The summed E-state index contributed by atoms with van der Waals surface area (Å²) in [5.41, 5.74) is 0.170. The van der Waals surface area contributed by atoms with Crippen LogP contribution < -0.4 is 5.32 Å². The number of nitrogens with one attached hydrogen (secondary N) is 1. The summed E-state index contributed by atoms with van der Waals surface area (Å²) in [6.07, 6.45) is 1.61. The predicted octanol–water partition coefficient (Wildman–Crippen LogP) is 2.72. The number of benzene rings is 1. The Bertz CT molecular complexity index is 672. The Hall–Kier alpha value is -2.58. The fourth-order valence-corrected chi connectivity index (χ4v) is 2.18. The SMILES string of the molecule is CN(C(=O)CN[C@@H](c1ccccc1)c1ccco1)C(C)(C)C#N. The van der Waals surface area contributed by atoms with E-state index in [-0.39, 0.29) is 18.5 Å². The lowest BCUT2D eigenvalue weighted by Gasteiger charge is -2.30. The van der Waals surface area contributed by atoms with Crippen molar-refractivity contribution in [3.8, 4) is 6.07 Å². The standard InChI is InChI=1S/C18H21N3O2/c1-18(2,13-19)21(3)16(22)12-20-17(15-10-7-11-23-15)14-8-5-4-6-9-14/h4-11,17,20H,12H2,1-3H3/t17-/m0/s1. The monoisotopic (exact) mass is 311 g/mol. The molecule has 0 aliphatic carbocycles. The van der Waals surface area contributed by atoms with E-state index in [2.05, 4.69) is 11.4 Å². The van der Waals surface area contributed by atoms with E-state index in [1.165, 1.54) is 4.90 Å². The first-order valence-corrected chi connectivity index (χ1v) is 7.45. The molecule has 0 spiro atoms. The first-order chi connectivity index (χ1) is 11.0. The summed E-state index contributed by atoms with van der Waals surface area (Å²) in [6.45, 7) is 3.54. The van der Waals surface area contributed by atoms with Gasteiger partial charge in [0.2, 0.25) is 5.91 Å². The van der Waals surface area contributed by atoms with Gasteiger partial charge in [-0.15, -0.1) is 0 Å². The van der Waals surface area contributed by atoms with E-state index < -0.39 is 5.54 Å². The Morgan fingerprint density at radius 3 is 2.57 bits per heavy atom. The van der Waals surface area contributed by atoms with Crippen LogP contribution in [0.2, 0.25) is 0 Å². The molecule has 0 saturated carbocycles. The molecule has 1 atom stereocenters. The van der Waals surface area contributed by atoms with Gasteiger partial charge >= 0.3 is 0 Å². The molecule has 0 aliphatic heterocycles. The zero-order valence-corrected chi connectivity index (χ0v) is 13.6. The maximum Gasteiger partial charge on any atom is 0.237 e. The van der Waals surface area contributed by atoms with E-state index in [4.69, 9.17) is 9.68 Å². The van der Waals surface area contributed by atoms with Crippen molar-refractivity contribution in [3.05, 3.63) is 60.1 Å². The molecule has 1 heterocycles. The first-order valence-electron chi connectivity index (χ1n) is 7.45. The Balaban J connectivity index is 2.12. The molecular weight excluding hydrogens is 290 g/mol. The smallest absolute Gasteiger partial charge is 0.237 e. The number of hydrogen-bond acceptors (Lipinski definition) is 4. The summed E-state index contributed by atoms with van der Waals surface area (Å²) in [5.74, 6) is 0.593. The number of likely N-dealkylation sites (N-methyl/N-ethyl adjacent to an activating group) is 1. The van der Waals surface area contributed by atoms with Crippen molar-refractivity contribution in [2.24, 2.45) is 0 Å². The molecule has 0 bridgehead atoms. The maximum atomic E-state index is 12.3. The largest absolute Gasteiger partial charge is 0.467 e. The van der Waals surface area contributed by atoms with E-state index in [1.807, 2.05) is 42.5 Å². The number of nitrogens with zero attached hydrogens (tertiary/aromatic N) is 2. The van der Waals surface area contributed by atoms with Crippen molar-refractivity contribution in [1.29, 1.82) is 5.26 Å². The van der Waals surface area contributed by atoms with Crippen molar-refractivity contribution in [2.45, 2.75) is 25.4 Å². The summed E-state index contributed by atoms with van der Waals surface area (Å²) in [5, 5.41) is 12.4. The minimum absolute atomic E-state index is 0.113. The normalized spacial score (nSPS) is 12.4. The van der Waals surface area contributed by atoms with Gasteiger partial charge in [-0.2, -0.15) is 5.26 Å². The van der Waals surface area contributed by atoms with Crippen molar-refractivity contribution < 1.29 is 9.21 Å². The van der Waals surface area contributed by atoms with Gasteiger partial charge in [-0.25, -0.2) is 0 Å². The molecule has 2 rings (SSSR count). The molecule has 0 unspecified atom stereocenters. The Morgan fingerprint density at radius 1 is 1.30 bits per heavy atom. The van der Waals surface area contributed by atoms with Gasteiger partial charge in [0.1, 0.15) is 11.3 Å². The third-order valence-corrected chi connectivity index (χ3v) is 3.90. The van der Waals surface area contributed by atoms with Gasteiger partial charge in [0, 0.05) is 7.05 Å². The van der Waals surface area contributed by atoms with E-state index in [1.54, 1.807) is 27.2 Å². The number of amides is 1. The summed E-state index contributed by atoms with van der Waals surface area (Å²) in [4.78, 5) is 13.8. The Labute approximate surface area is 136 Å².